The van der Waals surface area contributed by atoms with Crippen LogP contribution in [0.4, 0.5) is 5.82 Å². The number of hydrogen-bond donors (Lipinski definition) is 1. The number of rotatable bonds is 7. The molecule has 1 rings (SSSR count). The molecule has 1 heterocycles. The molecule has 0 aliphatic rings. The van der Waals surface area contributed by atoms with Crippen molar-refractivity contribution in [1.82, 2.24) is 14.7 Å². The van der Waals surface area contributed by atoms with Crippen molar-refractivity contribution in [2.45, 2.75) is 50.8 Å². The third kappa shape index (κ3) is 5.98. The number of hydrogen-bond acceptors (Lipinski definition) is 3. The normalized spacial score (nSPS) is 11.7. The van der Waals surface area contributed by atoms with E-state index in [0.29, 0.717) is 12.4 Å². The molecule has 8 heteroatoms. The molecule has 24 heavy (non-hydrogen) atoms. The number of alkyl halides is 2. The van der Waals surface area contributed by atoms with Crippen LogP contribution in [0.5, 0.6) is 0 Å². The summed E-state index contributed by atoms with van der Waals surface area (Å²) in [6.45, 7) is 8.50. The second-order valence-electron chi connectivity index (χ2n) is 6.75. The number of amides is 2. The van der Waals surface area contributed by atoms with Gasteiger partial charge in [0.05, 0.1) is 12.2 Å². The summed E-state index contributed by atoms with van der Waals surface area (Å²) < 4.78 is 1.61. The highest BCUT2D eigenvalue weighted by molar-refractivity contribution is 6.53. The van der Waals surface area contributed by atoms with Crippen LogP contribution < -0.4 is 5.32 Å². The summed E-state index contributed by atoms with van der Waals surface area (Å²) in [5.74, 6) is -0.180. The second kappa shape index (κ2) is 8.72. The van der Waals surface area contributed by atoms with E-state index in [9.17, 15) is 9.59 Å². The molecule has 0 saturated carbocycles. The standard InChI is InChI=1S/C16H26Cl2N4O2/c1-6-7-8-22(15(24)14(17)18)10-13(23)19-12-9-11(16(2,3)4)20-21(12)5/h9,14H,6-8,10H2,1-5H3,(H,19,23). The maximum Gasteiger partial charge on any atom is 0.256 e. The van der Waals surface area contributed by atoms with Crippen molar-refractivity contribution in [3.05, 3.63) is 11.8 Å². The van der Waals surface area contributed by atoms with Crippen molar-refractivity contribution in [3.8, 4) is 0 Å². The molecule has 0 aliphatic heterocycles. The number of halogens is 2. The number of unbranched alkanes of at least 4 members (excludes halogenated alkanes) is 1. The summed E-state index contributed by atoms with van der Waals surface area (Å²) in [5.41, 5.74) is 0.759. The van der Waals surface area contributed by atoms with Crippen molar-refractivity contribution >= 4 is 40.8 Å². The van der Waals surface area contributed by atoms with Gasteiger partial charge in [0, 0.05) is 25.1 Å². The maximum absolute atomic E-state index is 12.3. The Labute approximate surface area is 153 Å². The van der Waals surface area contributed by atoms with Crippen LogP contribution in [0, 0.1) is 0 Å². The zero-order valence-corrected chi connectivity index (χ0v) is 16.4. The van der Waals surface area contributed by atoms with Crippen LogP contribution in [0.2, 0.25) is 0 Å². The first-order valence-corrected chi connectivity index (χ1v) is 8.84. The van der Waals surface area contributed by atoms with Crippen LogP contribution in [-0.4, -0.2) is 44.4 Å². The number of aryl methyl sites for hydroxylation is 1. The van der Waals surface area contributed by atoms with Crippen LogP contribution in [-0.2, 0) is 22.1 Å². The average Bonchev–Trinajstić information content (AvgIpc) is 2.83. The second-order valence-corrected chi connectivity index (χ2v) is 7.85. The molecule has 0 radical (unpaired) electrons. The molecule has 0 aromatic carbocycles. The zero-order chi connectivity index (χ0) is 18.5. The maximum atomic E-state index is 12.3. The van der Waals surface area contributed by atoms with Gasteiger partial charge < -0.3 is 10.2 Å². The van der Waals surface area contributed by atoms with E-state index in [4.69, 9.17) is 23.2 Å². The summed E-state index contributed by atoms with van der Waals surface area (Å²) >= 11 is 11.3. The fourth-order valence-electron chi connectivity index (χ4n) is 2.06. The van der Waals surface area contributed by atoms with Gasteiger partial charge in [-0.15, -0.1) is 0 Å². The van der Waals surface area contributed by atoms with Gasteiger partial charge in [0.2, 0.25) is 5.91 Å². The van der Waals surface area contributed by atoms with Gasteiger partial charge in [-0.2, -0.15) is 5.10 Å². The van der Waals surface area contributed by atoms with E-state index in [1.165, 1.54) is 4.90 Å². The minimum absolute atomic E-state index is 0.0925. The SMILES string of the molecule is CCCCN(CC(=O)Nc1cc(C(C)(C)C)nn1C)C(=O)C(Cl)Cl. The van der Waals surface area contributed by atoms with Gasteiger partial charge in [-0.1, -0.05) is 57.3 Å². The number of carbonyl (C=O) groups is 2. The highest BCUT2D eigenvalue weighted by atomic mass is 35.5. The van der Waals surface area contributed by atoms with E-state index >= 15 is 0 Å². The van der Waals surface area contributed by atoms with Crippen molar-refractivity contribution in [2.75, 3.05) is 18.4 Å². The molecule has 136 valence electrons. The quantitative estimate of drug-likeness (QED) is 0.743. The van der Waals surface area contributed by atoms with Gasteiger partial charge in [-0.05, 0) is 6.42 Å². The highest BCUT2D eigenvalue weighted by Gasteiger charge is 2.23. The Morgan fingerprint density at radius 1 is 1.38 bits per heavy atom. The van der Waals surface area contributed by atoms with Crippen LogP contribution in [0.25, 0.3) is 0 Å². The lowest BCUT2D eigenvalue weighted by Crippen LogP contribution is -2.41. The predicted molar refractivity (Wildman–Crippen MR) is 97.5 cm³/mol. The molecule has 0 atom stereocenters. The first-order valence-electron chi connectivity index (χ1n) is 7.97. The van der Waals surface area contributed by atoms with E-state index in [1.54, 1.807) is 11.7 Å². The summed E-state index contributed by atoms with van der Waals surface area (Å²) in [6.07, 6.45) is 1.68. The Balaban J connectivity index is 2.79. The molecule has 0 aliphatic carbocycles. The van der Waals surface area contributed by atoms with E-state index in [0.717, 1.165) is 18.5 Å². The minimum atomic E-state index is -1.17. The number of anilines is 1. The Kier molecular flexibility index (Phi) is 7.55. The molecular formula is C16H26Cl2N4O2. The molecular weight excluding hydrogens is 351 g/mol. The van der Waals surface area contributed by atoms with Crippen LogP contribution >= 0.6 is 23.2 Å². The summed E-state index contributed by atoms with van der Waals surface area (Å²) in [5, 5.41) is 7.19. The van der Waals surface area contributed by atoms with E-state index < -0.39 is 10.7 Å². The number of aromatic nitrogens is 2. The number of carbonyl (C=O) groups excluding carboxylic acids is 2. The van der Waals surface area contributed by atoms with Gasteiger partial charge in [0.15, 0.2) is 4.84 Å². The predicted octanol–water partition coefficient (Wildman–Crippen LogP) is 3.09. The third-order valence-electron chi connectivity index (χ3n) is 3.53. The van der Waals surface area contributed by atoms with E-state index in [1.807, 2.05) is 33.8 Å². The largest absolute Gasteiger partial charge is 0.331 e. The fraction of sp³-hybridized carbons (Fsp3) is 0.688. The first kappa shape index (κ1) is 20.8. The van der Waals surface area contributed by atoms with Gasteiger partial charge in [0.25, 0.3) is 5.91 Å². The summed E-state index contributed by atoms with van der Waals surface area (Å²) in [4.78, 5) is 24.5. The van der Waals surface area contributed by atoms with Gasteiger partial charge >= 0.3 is 0 Å². The first-order chi connectivity index (χ1) is 11.1. The highest BCUT2D eigenvalue weighted by Crippen LogP contribution is 2.23. The Hall–Kier alpha value is -1.27. The van der Waals surface area contributed by atoms with Gasteiger partial charge in [0.1, 0.15) is 5.82 Å². The van der Waals surface area contributed by atoms with Crippen LogP contribution in [0.15, 0.2) is 6.07 Å². The van der Waals surface area contributed by atoms with E-state index in [2.05, 4.69) is 10.4 Å². The van der Waals surface area contributed by atoms with Crippen LogP contribution in [0.1, 0.15) is 46.2 Å². The molecule has 1 aromatic rings. The zero-order valence-electron chi connectivity index (χ0n) is 14.9. The monoisotopic (exact) mass is 376 g/mol. The molecule has 2 amide bonds. The van der Waals surface area contributed by atoms with Gasteiger partial charge in [-0.3, -0.25) is 14.3 Å². The van der Waals surface area contributed by atoms with E-state index in [-0.39, 0.29) is 17.9 Å². The molecule has 1 N–H and O–H groups in total. The molecule has 0 spiro atoms. The molecule has 6 nitrogen and oxygen atoms in total. The van der Waals surface area contributed by atoms with Crippen molar-refractivity contribution in [3.63, 3.8) is 0 Å². The average molecular weight is 377 g/mol. The van der Waals surface area contributed by atoms with Crippen LogP contribution in [0.3, 0.4) is 0 Å². The molecule has 0 unspecified atom stereocenters. The van der Waals surface area contributed by atoms with Crippen molar-refractivity contribution in [1.29, 1.82) is 0 Å². The Morgan fingerprint density at radius 2 is 2.00 bits per heavy atom. The topological polar surface area (TPSA) is 67.2 Å². The molecule has 1 aromatic heterocycles. The number of nitrogens with zero attached hydrogens (tertiary/aromatic N) is 3. The Bertz CT molecular complexity index is 579. The number of nitrogens with one attached hydrogen (secondary N) is 1. The fourth-order valence-corrected chi connectivity index (χ4v) is 2.34. The smallest absolute Gasteiger partial charge is 0.256 e. The molecule has 0 bridgehead atoms. The van der Waals surface area contributed by atoms with Crippen molar-refractivity contribution < 1.29 is 9.59 Å². The van der Waals surface area contributed by atoms with Crippen molar-refractivity contribution in [2.24, 2.45) is 7.05 Å². The summed E-state index contributed by atoms with van der Waals surface area (Å²) in [6, 6.07) is 1.84. The summed E-state index contributed by atoms with van der Waals surface area (Å²) in [7, 11) is 1.76. The minimum Gasteiger partial charge on any atom is -0.331 e. The third-order valence-corrected chi connectivity index (χ3v) is 3.90. The lowest BCUT2D eigenvalue weighted by Gasteiger charge is -2.22. The molecule has 0 saturated heterocycles. The lowest BCUT2D eigenvalue weighted by atomic mass is 9.92. The van der Waals surface area contributed by atoms with Gasteiger partial charge in [-0.25, -0.2) is 0 Å². The lowest BCUT2D eigenvalue weighted by molar-refractivity contribution is -0.133. The molecule has 0 fully saturated rings. The Morgan fingerprint density at radius 3 is 2.46 bits per heavy atom.